The van der Waals surface area contributed by atoms with Crippen LogP contribution in [0, 0.1) is 5.92 Å². The quantitative estimate of drug-likeness (QED) is 0.804. The minimum atomic E-state index is -0.750. The second-order valence-corrected chi connectivity index (χ2v) is 9.09. The number of hydrogen-bond donors (Lipinski definition) is 1. The van der Waals surface area contributed by atoms with Crippen molar-refractivity contribution in [2.45, 2.75) is 72.0 Å². The minimum Gasteiger partial charge on any atom is -0.507 e. The first-order valence-corrected chi connectivity index (χ1v) is 8.51. The summed E-state index contributed by atoms with van der Waals surface area (Å²) in [4.78, 5) is 0. The van der Waals surface area contributed by atoms with Crippen molar-refractivity contribution in [1.82, 2.24) is 0 Å². The number of rotatable bonds is 1. The maximum atomic E-state index is 10.8. The summed E-state index contributed by atoms with van der Waals surface area (Å²) in [6.07, 6.45) is 0. The maximum Gasteiger partial charge on any atom is 0.191 e. The van der Waals surface area contributed by atoms with Gasteiger partial charge in [-0.15, -0.1) is 0 Å². The summed E-state index contributed by atoms with van der Waals surface area (Å²) in [5.74, 6) is 0.0473. The molecular weight excluding hydrogens is 288 g/mol. The van der Waals surface area contributed by atoms with E-state index in [0.29, 0.717) is 24.9 Å². The Balaban J connectivity index is 2.61. The molecule has 23 heavy (non-hydrogen) atoms. The molecule has 3 heteroatoms. The summed E-state index contributed by atoms with van der Waals surface area (Å²) < 4.78 is 12.1. The van der Waals surface area contributed by atoms with E-state index in [4.69, 9.17) is 9.47 Å². The number of aromatic hydroxyl groups is 1. The maximum absolute atomic E-state index is 10.8. The summed E-state index contributed by atoms with van der Waals surface area (Å²) in [6.45, 7) is 18.2. The molecule has 1 fully saturated rings. The van der Waals surface area contributed by atoms with Crippen molar-refractivity contribution < 1.29 is 14.6 Å². The van der Waals surface area contributed by atoms with Gasteiger partial charge < -0.3 is 14.6 Å². The normalized spacial score (nSPS) is 26.3. The molecule has 0 radical (unpaired) electrons. The number of hydrogen-bond acceptors (Lipinski definition) is 3. The average Bonchev–Trinajstić information content (AvgIpc) is 2.40. The Morgan fingerprint density at radius 3 is 1.70 bits per heavy atom. The molecule has 0 aromatic heterocycles. The van der Waals surface area contributed by atoms with Gasteiger partial charge in [0.15, 0.2) is 5.79 Å². The third kappa shape index (κ3) is 3.72. The van der Waals surface area contributed by atoms with Gasteiger partial charge >= 0.3 is 0 Å². The predicted molar refractivity (Wildman–Crippen MR) is 93.9 cm³/mol. The Bertz CT molecular complexity index is 533. The molecule has 0 atom stereocenters. The molecule has 1 aromatic rings. The summed E-state index contributed by atoms with van der Waals surface area (Å²) in [7, 11) is 0. The highest BCUT2D eigenvalue weighted by atomic mass is 16.7. The van der Waals surface area contributed by atoms with Crippen LogP contribution in [0.5, 0.6) is 5.75 Å². The standard InChI is InChI=1S/C20H32O3/c1-13-11-22-20(8,23-12-13)14-9-15(18(2,3)4)17(21)16(10-14)19(5,6)7/h9-10,13,21H,11-12H2,1-8H3/t13-,20-. The second kappa shape index (κ2) is 5.78. The highest BCUT2D eigenvalue weighted by Crippen LogP contribution is 2.43. The van der Waals surface area contributed by atoms with Crippen molar-refractivity contribution >= 4 is 0 Å². The Morgan fingerprint density at radius 1 is 0.957 bits per heavy atom. The zero-order chi connectivity index (χ0) is 17.6. The molecular formula is C20H32O3. The van der Waals surface area contributed by atoms with E-state index in [1.165, 1.54) is 0 Å². The van der Waals surface area contributed by atoms with Gasteiger partial charge in [-0.2, -0.15) is 0 Å². The SMILES string of the molecule is CC(C)(C)c1cc([C@]2(C)OC[C@@H](C)CO2)cc(C(C)(C)C)c1O. The van der Waals surface area contributed by atoms with Crippen molar-refractivity contribution in [3.63, 3.8) is 0 Å². The van der Waals surface area contributed by atoms with Crippen LogP contribution in [0.4, 0.5) is 0 Å². The van der Waals surface area contributed by atoms with Gasteiger partial charge in [0.1, 0.15) is 5.75 Å². The van der Waals surface area contributed by atoms with E-state index >= 15 is 0 Å². The summed E-state index contributed by atoms with van der Waals surface area (Å²) in [5, 5.41) is 10.8. The highest BCUT2D eigenvalue weighted by molar-refractivity contribution is 5.50. The molecule has 3 nitrogen and oxygen atoms in total. The zero-order valence-electron chi connectivity index (χ0n) is 15.9. The van der Waals surface area contributed by atoms with Gasteiger partial charge in [-0.05, 0) is 41.0 Å². The van der Waals surface area contributed by atoms with Crippen LogP contribution in [-0.4, -0.2) is 18.3 Å². The Hall–Kier alpha value is -1.06. The Morgan fingerprint density at radius 2 is 1.35 bits per heavy atom. The molecule has 130 valence electrons. The van der Waals surface area contributed by atoms with Crippen LogP contribution in [0.2, 0.25) is 0 Å². The minimum absolute atomic E-state index is 0.154. The molecule has 1 aliphatic rings. The van der Waals surface area contributed by atoms with Crippen molar-refractivity contribution in [3.05, 3.63) is 28.8 Å². The lowest BCUT2D eigenvalue weighted by atomic mass is 9.77. The fourth-order valence-electron chi connectivity index (χ4n) is 2.90. The first kappa shape index (κ1) is 18.3. The van der Waals surface area contributed by atoms with Crippen LogP contribution in [0.25, 0.3) is 0 Å². The first-order valence-electron chi connectivity index (χ1n) is 8.51. The van der Waals surface area contributed by atoms with E-state index in [0.717, 1.165) is 16.7 Å². The molecule has 0 unspecified atom stereocenters. The second-order valence-electron chi connectivity index (χ2n) is 9.09. The molecule has 0 saturated carbocycles. The van der Waals surface area contributed by atoms with Gasteiger partial charge in [-0.25, -0.2) is 0 Å². The first-order chi connectivity index (χ1) is 10.3. The summed E-state index contributed by atoms with van der Waals surface area (Å²) in [5.41, 5.74) is 2.55. The van der Waals surface area contributed by atoms with E-state index in [1.807, 2.05) is 19.1 Å². The van der Waals surface area contributed by atoms with Crippen LogP contribution >= 0.6 is 0 Å². The summed E-state index contributed by atoms with van der Waals surface area (Å²) >= 11 is 0. The highest BCUT2D eigenvalue weighted by Gasteiger charge is 2.37. The lowest BCUT2D eigenvalue weighted by Gasteiger charge is -2.38. The monoisotopic (exact) mass is 320 g/mol. The van der Waals surface area contributed by atoms with Crippen molar-refractivity contribution in [2.24, 2.45) is 5.92 Å². The number of phenolic OH excluding ortho intramolecular Hbond substituents is 1. The lowest BCUT2D eigenvalue weighted by Crippen LogP contribution is -2.39. The molecule has 1 heterocycles. The largest absolute Gasteiger partial charge is 0.507 e. The molecule has 0 bridgehead atoms. The third-order valence-electron chi connectivity index (χ3n) is 4.54. The van der Waals surface area contributed by atoms with Crippen molar-refractivity contribution in [2.75, 3.05) is 13.2 Å². The van der Waals surface area contributed by atoms with E-state index in [2.05, 4.69) is 48.5 Å². The lowest BCUT2D eigenvalue weighted by molar-refractivity contribution is -0.279. The van der Waals surface area contributed by atoms with E-state index in [-0.39, 0.29) is 10.8 Å². The molecule has 1 N–H and O–H groups in total. The van der Waals surface area contributed by atoms with Crippen LogP contribution in [-0.2, 0) is 26.1 Å². The van der Waals surface area contributed by atoms with Gasteiger partial charge in [-0.3, -0.25) is 0 Å². The van der Waals surface area contributed by atoms with Crippen LogP contribution in [0.3, 0.4) is 0 Å². The van der Waals surface area contributed by atoms with Gasteiger partial charge in [0.2, 0.25) is 0 Å². The molecule has 0 amide bonds. The number of ether oxygens (including phenoxy) is 2. The Kier molecular flexibility index (Phi) is 4.60. The fourth-order valence-corrected chi connectivity index (χ4v) is 2.90. The van der Waals surface area contributed by atoms with Gasteiger partial charge in [0.05, 0.1) is 13.2 Å². The fraction of sp³-hybridized carbons (Fsp3) is 0.700. The van der Waals surface area contributed by atoms with Gasteiger partial charge in [-0.1, -0.05) is 48.5 Å². The van der Waals surface area contributed by atoms with Crippen molar-refractivity contribution in [1.29, 1.82) is 0 Å². The van der Waals surface area contributed by atoms with Crippen LogP contribution in [0.15, 0.2) is 12.1 Å². The van der Waals surface area contributed by atoms with E-state index in [9.17, 15) is 5.11 Å². The van der Waals surface area contributed by atoms with Crippen molar-refractivity contribution in [3.8, 4) is 5.75 Å². The molecule has 1 aromatic carbocycles. The van der Waals surface area contributed by atoms with Crippen LogP contribution < -0.4 is 0 Å². The Labute approximate surface area is 141 Å². The predicted octanol–water partition coefficient (Wildman–Crippen LogP) is 4.84. The van der Waals surface area contributed by atoms with Gasteiger partial charge in [0, 0.05) is 11.5 Å². The molecule has 1 aliphatic heterocycles. The zero-order valence-corrected chi connectivity index (χ0v) is 15.9. The smallest absolute Gasteiger partial charge is 0.191 e. The molecule has 0 spiro atoms. The molecule has 1 saturated heterocycles. The average molecular weight is 320 g/mol. The number of benzene rings is 1. The molecule has 2 rings (SSSR count). The van der Waals surface area contributed by atoms with E-state index < -0.39 is 5.79 Å². The van der Waals surface area contributed by atoms with E-state index in [1.54, 1.807) is 0 Å². The number of phenols is 1. The van der Waals surface area contributed by atoms with Crippen LogP contribution in [0.1, 0.15) is 72.1 Å². The summed E-state index contributed by atoms with van der Waals surface area (Å²) in [6, 6.07) is 4.08. The van der Waals surface area contributed by atoms with Gasteiger partial charge in [0.25, 0.3) is 0 Å². The topological polar surface area (TPSA) is 38.7 Å². The molecule has 0 aliphatic carbocycles. The third-order valence-corrected chi connectivity index (χ3v) is 4.54.